The predicted molar refractivity (Wildman–Crippen MR) is 142 cm³/mol. The standard InChI is InChI=1S/C28H24ClN5O2/c1-17-8-10-19(11-9-17)25-24(28(36)33-22-14-12-20(29)13-15-22)18(2)31-26-23(16-30-34(25)26)27(35)32-21-6-4-3-5-7-21/h3-16,25,31H,1-2H3,(H,32,35)(H,33,36). The molecule has 1 atom stereocenters. The zero-order valence-electron chi connectivity index (χ0n) is 19.7. The molecule has 1 aliphatic rings. The highest BCUT2D eigenvalue weighted by atomic mass is 35.5. The summed E-state index contributed by atoms with van der Waals surface area (Å²) >= 11 is 5.99. The van der Waals surface area contributed by atoms with Crippen LogP contribution in [0.25, 0.3) is 0 Å². The Bertz CT molecular complexity index is 1460. The number of carbonyl (C=O) groups excluding carboxylic acids is 2. The second-order valence-corrected chi connectivity index (χ2v) is 9.05. The van der Waals surface area contributed by atoms with E-state index in [2.05, 4.69) is 21.0 Å². The fraction of sp³-hybridized carbons (Fsp3) is 0.107. The maximum Gasteiger partial charge on any atom is 0.261 e. The number of aryl methyl sites for hydroxylation is 1. The second-order valence-electron chi connectivity index (χ2n) is 8.61. The molecule has 0 bridgehead atoms. The van der Waals surface area contributed by atoms with Gasteiger partial charge in [-0.15, -0.1) is 0 Å². The highest BCUT2D eigenvalue weighted by molar-refractivity contribution is 6.30. The van der Waals surface area contributed by atoms with E-state index in [1.54, 1.807) is 28.9 Å². The number of aromatic nitrogens is 2. The highest BCUT2D eigenvalue weighted by Gasteiger charge is 2.35. The Labute approximate surface area is 213 Å². The molecule has 1 aromatic heterocycles. The van der Waals surface area contributed by atoms with Crippen LogP contribution >= 0.6 is 11.6 Å². The molecule has 0 aliphatic carbocycles. The van der Waals surface area contributed by atoms with Crippen molar-refractivity contribution in [2.75, 3.05) is 16.0 Å². The van der Waals surface area contributed by atoms with E-state index in [-0.39, 0.29) is 11.8 Å². The molecule has 3 aromatic carbocycles. The van der Waals surface area contributed by atoms with Gasteiger partial charge in [0.15, 0.2) is 0 Å². The van der Waals surface area contributed by atoms with Gasteiger partial charge in [-0.05, 0) is 55.8 Å². The first kappa shape index (κ1) is 23.4. The minimum Gasteiger partial charge on any atom is -0.343 e. The quantitative estimate of drug-likeness (QED) is 0.314. The summed E-state index contributed by atoms with van der Waals surface area (Å²) in [7, 11) is 0. The van der Waals surface area contributed by atoms with Crippen LogP contribution in [0.15, 0.2) is 96.3 Å². The summed E-state index contributed by atoms with van der Waals surface area (Å²) in [5.41, 5.74) is 4.80. The molecule has 4 aromatic rings. The van der Waals surface area contributed by atoms with Crippen molar-refractivity contribution in [3.63, 3.8) is 0 Å². The molecule has 2 amide bonds. The molecule has 36 heavy (non-hydrogen) atoms. The highest BCUT2D eigenvalue weighted by Crippen LogP contribution is 2.38. The number of carbonyl (C=O) groups is 2. The van der Waals surface area contributed by atoms with Gasteiger partial charge in [0.2, 0.25) is 0 Å². The third-order valence-corrected chi connectivity index (χ3v) is 6.29. The number of fused-ring (bicyclic) bond motifs is 1. The first-order chi connectivity index (χ1) is 17.4. The summed E-state index contributed by atoms with van der Waals surface area (Å²) in [6.45, 7) is 3.83. The first-order valence-electron chi connectivity index (χ1n) is 11.5. The van der Waals surface area contributed by atoms with Crippen LogP contribution in [0.1, 0.15) is 34.5 Å². The normalized spacial score (nSPS) is 14.6. The zero-order valence-corrected chi connectivity index (χ0v) is 20.5. The SMILES string of the molecule is CC1=C(C(=O)Nc2ccc(Cl)cc2)C(c2ccc(C)cc2)n2ncc(C(=O)Nc3ccccc3)c2N1. The summed E-state index contributed by atoms with van der Waals surface area (Å²) in [5, 5.41) is 14.2. The van der Waals surface area contributed by atoms with Crippen LogP contribution in [0, 0.1) is 6.92 Å². The third-order valence-electron chi connectivity index (χ3n) is 6.04. The van der Waals surface area contributed by atoms with Crippen molar-refractivity contribution < 1.29 is 9.59 Å². The lowest BCUT2D eigenvalue weighted by Gasteiger charge is -2.30. The van der Waals surface area contributed by atoms with Gasteiger partial charge in [0.1, 0.15) is 17.4 Å². The van der Waals surface area contributed by atoms with Gasteiger partial charge in [-0.3, -0.25) is 9.59 Å². The number of anilines is 3. The number of nitrogens with one attached hydrogen (secondary N) is 3. The van der Waals surface area contributed by atoms with Crippen molar-refractivity contribution in [1.29, 1.82) is 0 Å². The van der Waals surface area contributed by atoms with Crippen LogP contribution in [0.5, 0.6) is 0 Å². The number of para-hydroxylation sites is 1. The lowest BCUT2D eigenvalue weighted by molar-refractivity contribution is -0.113. The molecule has 0 fully saturated rings. The Morgan fingerprint density at radius 2 is 1.50 bits per heavy atom. The number of amides is 2. The molecule has 0 saturated carbocycles. The third kappa shape index (κ3) is 4.61. The Morgan fingerprint density at radius 3 is 2.19 bits per heavy atom. The number of hydrogen-bond acceptors (Lipinski definition) is 4. The maximum atomic E-state index is 13.5. The van der Waals surface area contributed by atoms with Gasteiger partial charge in [-0.1, -0.05) is 59.6 Å². The molecule has 1 aliphatic heterocycles. The number of hydrogen-bond donors (Lipinski definition) is 3. The number of nitrogens with zero attached hydrogens (tertiary/aromatic N) is 2. The summed E-state index contributed by atoms with van der Waals surface area (Å²) in [6, 6.07) is 23.6. The molecule has 7 nitrogen and oxygen atoms in total. The molecule has 0 saturated heterocycles. The minimum atomic E-state index is -0.535. The van der Waals surface area contributed by atoms with Crippen molar-refractivity contribution in [2.24, 2.45) is 0 Å². The molecule has 5 rings (SSSR count). The molecule has 8 heteroatoms. The van der Waals surface area contributed by atoms with Crippen LogP contribution < -0.4 is 16.0 Å². The van der Waals surface area contributed by atoms with Gasteiger partial charge in [-0.25, -0.2) is 4.68 Å². The van der Waals surface area contributed by atoms with Crippen LogP contribution in [0.2, 0.25) is 5.02 Å². The van der Waals surface area contributed by atoms with Gasteiger partial charge in [0.05, 0.1) is 11.8 Å². The van der Waals surface area contributed by atoms with Crippen molar-refractivity contribution in [3.8, 4) is 0 Å². The average molecular weight is 498 g/mol. The van der Waals surface area contributed by atoms with E-state index in [0.29, 0.717) is 39.0 Å². The second kappa shape index (κ2) is 9.71. The summed E-state index contributed by atoms with van der Waals surface area (Å²) in [4.78, 5) is 26.7. The Kier molecular flexibility index (Phi) is 6.31. The van der Waals surface area contributed by atoms with Crippen LogP contribution in [0.3, 0.4) is 0 Å². The smallest absolute Gasteiger partial charge is 0.261 e. The largest absolute Gasteiger partial charge is 0.343 e. The van der Waals surface area contributed by atoms with E-state index in [4.69, 9.17) is 11.6 Å². The van der Waals surface area contributed by atoms with Gasteiger partial charge < -0.3 is 16.0 Å². The van der Waals surface area contributed by atoms with Crippen molar-refractivity contribution >= 4 is 40.6 Å². The number of halogens is 1. The van der Waals surface area contributed by atoms with Gasteiger partial charge in [0, 0.05) is 22.1 Å². The van der Waals surface area contributed by atoms with Crippen LogP contribution in [0.4, 0.5) is 17.2 Å². The monoisotopic (exact) mass is 497 g/mol. The van der Waals surface area contributed by atoms with Crippen molar-refractivity contribution in [1.82, 2.24) is 9.78 Å². The Hall–Kier alpha value is -4.36. The summed E-state index contributed by atoms with van der Waals surface area (Å²) in [6.07, 6.45) is 1.52. The fourth-order valence-corrected chi connectivity index (χ4v) is 4.35. The van der Waals surface area contributed by atoms with E-state index >= 15 is 0 Å². The van der Waals surface area contributed by atoms with E-state index in [9.17, 15) is 9.59 Å². The molecule has 180 valence electrons. The van der Waals surface area contributed by atoms with Gasteiger partial charge in [0.25, 0.3) is 11.8 Å². The van der Waals surface area contributed by atoms with Gasteiger partial charge in [-0.2, -0.15) is 5.10 Å². The minimum absolute atomic E-state index is 0.274. The van der Waals surface area contributed by atoms with E-state index in [1.165, 1.54) is 6.20 Å². The molecule has 2 heterocycles. The van der Waals surface area contributed by atoms with Crippen molar-refractivity contribution in [3.05, 3.63) is 118 Å². The fourth-order valence-electron chi connectivity index (χ4n) is 4.22. The summed E-state index contributed by atoms with van der Waals surface area (Å²) in [5.74, 6) is -0.0432. The van der Waals surface area contributed by atoms with E-state index in [0.717, 1.165) is 11.1 Å². The Morgan fingerprint density at radius 1 is 0.861 bits per heavy atom. The molecule has 0 spiro atoms. The Balaban J connectivity index is 1.54. The lowest BCUT2D eigenvalue weighted by Crippen LogP contribution is -2.32. The average Bonchev–Trinajstić information content (AvgIpc) is 3.29. The maximum absolute atomic E-state index is 13.5. The van der Waals surface area contributed by atoms with E-state index < -0.39 is 6.04 Å². The van der Waals surface area contributed by atoms with E-state index in [1.807, 2.05) is 68.4 Å². The number of benzene rings is 3. The topological polar surface area (TPSA) is 88.0 Å². The molecular formula is C28H24ClN5O2. The molecular weight excluding hydrogens is 474 g/mol. The van der Waals surface area contributed by atoms with Crippen LogP contribution in [-0.4, -0.2) is 21.6 Å². The molecule has 0 radical (unpaired) electrons. The predicted octanol–water partition coefficient (Wildman–Crippen LogP) is 6.02. The zero-order chi connectivity index (χ0) is 25.2. The molecule has 3 N–H and O–H groups in total. The van der Waals surface area contributed by atoms with Gasteiger partial charge >= 0.3 is 0 Å². The molecule has 1 unspecified atom stereocenters. The summed E-state index contributed by atoms with van der Waals surface area (Å²) < 4.78 is 1.69. The van der Waals surface area contributed by atoms with Crippen molar-refractivity contribution in [2.45, 2.75) is 19.9 Å². The first-order valence-corrected chi connectivity index (χ1v) is 11.8. The van der Waals surface area contributed by atoms with Crippen LogP contribution in [-0.2, 0) is 4.79 Å². The number of allylic oxidation sites excluding steroid dienone is 1. The number of rotatable bonds is 5. The lowest BCUT2D eigenvalue weighted by atomic mass is 9.94.